The third-order valence-electron chi connectivity index (χ3n) is 2.51. The second-order valence-electron chi connectivity index (χ2n) is 3.58. The van der Waals surface area contributed by atoms with Crippen LogP contribution in [0.15, 0.2) is 5.38 Å². The molecule has 0 N–H and O–H groups in total. The minimum absolute atomic E-state index is 0.431. The van der Waals surface area contributed by atoms with Gasteiger partial charge in [-0.2, -0.15) is 17.0 Å². The highest BCUT2D eigenvalue weighted by Gasteiger charge is 2.23. The number of thiazole rings is 1. The molecule has 2 heterocycles. The van der Waals surface area contributed by atoms with E-state index < -0.39 is 0 Å². The molecule has 1 atom stereocenters. The minimum atomic E-state index is 0.431. The quantitative estimate of drug-likeness (QED) is 0.790. The molecule has 1 aliphatic heterocycles. The Balaban J connectivity index is 2.10. The maximum absolute atomic E-state index is 8.59. The first kappa shape index (κ1) is 10.9. The second-order valence-corrected chi connectivity index (χ2v) is 5.62. The van der Waals surface area contributed by atoms with Gasteiger partial charge in [0.25, 0.3) is 0 Å². The van der Waals surface area contributed by atoms with Crippen LogP contribution in [0.3, 0.4) is 0 Å². The molecule has 1 aromatic heterocycles. The van der Waals surface area contributed by atoms with E-state index in [0.717, 1.165) is 23.0 Å². The Kier molecular flexibility index (Phi) is 3.62. The van der Waals surface area contributed by atoms with Crippen molar-refractivity contribution in [3.63, 3.8) is 0 Å². The van der Waals surface area contributed by atoms with E-state index in [-0.39, 0.29) is 0 Å². The molecule has 80 valence electrons. The normalized spacial score (nSPS) is 22.5. The number of aromatic nitrogens is 1. The highest BCUT2D eigenvalue weighted by molar-refractivity contribution is 7.99. The summed E-state index contributed by atoms with van der Waals surface area (Å²) in [6.07, 6.45) is 0.431. The summed E-state index contributed by atoms with van der Waals surface area (Å²) in [6.45, 7) is 1.13. The van der Waals surface area contributed by atoms with Gasteiger partial charge in [0.2, 0.25) is 0 Å². The molecule has 1 aromatic rings. The second kappa shape index (κ2) is 4.97. The summed E-state index contributed by atoms with van der Waals surface area (Å²) in [5.74, 6) is 2.33. The van der Waals surface area contributed by atoms with Crippen molar-refractivity contribution in [3.8, 4) is 6.07 Å². The summed E-state index contributed by atoms with van der Waals surface area (Å²) in [7, 11) is 2.15. The van der Waals surface area contributed by atoms with Gasteiger partial charge >= 0.3 is 0 Å². The zero-order chi connectivity index (χ0) is 10.7. The van der Waals surface area contributed by atoms with Crippen molar-refractivity contribution in [2.45, 2.75) is 12.5 Å². The van der Waals surface area contributed by atoms with Crippen LogP contribution in [0.2, 0.25) is 0 Å². The first-order valence-corrected chi connectivity index (χ1v) is 6.94. The number of nitrogens with zero attached hydrogens (tertiary/aromatic N) is 3. The Hall–Kier alpha value is -0.570. The van der Waals surface area contributed by atoms with Gasteiger partial charge in [-0.1, -0.05) is 0 Å². The summed E-state index contributed by atoms with van der Waals surface area (Å²) in [5, 5.41) is 11.8. The summed E-state index contributed by atoms with van der Waals surface area (Å²) in [6, 6.07) is 2.58. The lowest BCUT2D eigenvalue weighted by Gasteiger charge is -2.30. The summed E-state index contributed by atoms with van der Waals surface area (Å²) < 4.78 is 0. The van der Waals surface area contributed by atoms with Gasteiger partial charge in [-0.15, -0.1) is 11.3 Å². The highest BCUT2D eigenvalue weighted by atomic mass is 32.2. The van der Waals surface area contributed by atoms with E-state index in [4.69, 9.17) is 5.26 Å². The van der Waals surface area contributed by atoms with Crippen molar-refractivity contribution in [2.75, 3.05) is 25.1 Å². The van der Waals surface area contributed by atoms with Crippen LogP contribution in [-0.2, 0) is 6.42 Å². The zero-order valence-electron chi connectivity index (χ0n) is 8.64. The van der Waals surface area contributed by atoms with Crippen LogP contribution >= 0.6 is 23.1 Å². The van der Waals surface area contributed by atoms with E-state index in [2.05, 4.69) is 23.0 Å². The number of hydrogen-bond donors (Lipinski definition) is 0. The monoisotopic (exact) mass is 239 g/mol. The third-order valence-corrected chi connectivity index (χ3v) is 4.53. The Morgan fingerprint density at radius 3 is 3.33 bits per heavy atom. The fraction of sp³-hybridized carbons (Fsp3) is 0.600. The van der Waals surface area contributed by atoms with E-state index >= 15 is 0 Å². The third kappa shape index (κ3) is 2.51. The fourth-order valence-electron chi connectivity index (χ4n) is 1.58. The number of hydrogen-bond acceptors (Lipinski definition) is 5. The number of rotatable bonds is 2. The molecule has 0 bridgehead atoms. The molecular weight excluding hydrogens is 226 g/mol. The molecular formula is C10H13N3S2. The van der Waals surface area contributed by atoms with Crippen LogP contribution < -0.4 is 0 Å². The van der Waals surface area contributed by atoms with Crippen LogP contribution in [0.4, 0.5) is 0 Å². The van der Waals surface area contributed by atoms with Crippen molar-refractivity contribution in [2.24, 2.45) is 0 Å². The predicted molar refractivity (Wildman–Crippen MR) is 64.1 cm³/mol. The lowest BCUT2D eigenvalue weighted by molar-refractivity contribution is 0.274. The topological polar surface area (TPSA) is 39.9 Å². The van der Waals surface area contributed by atoms with Crippen LogP contribution in [0.5, 0.6) is 0 Å². The van der Waals surface area contributed by atoms with Gasteiger partial charge in [0.05, 0.1) is 24.2 Å². The maximum atomic E-state index is 8.59. The van der Waals surface area contributed by atoms with Crippen molar-refractivity contribution in [3.05, 3.63) is 16.1 Å². The number of nitriles is 1. The molecule has 0 saturated carbocycles. The SMILES string of the molecule is CN1CCSCC1c1nc(CC#N)cs1. The van der Waals surface area contributed by atoms with E-state index in [1.54, 1.807) is 11.3 Å². The summed E-state index contributed by atoms with van der Waals surface area (Å²) in [5.41, 5.74) is 0.918. The molecule has 0 aliphatic carbocycles. The molecule has 1 fully saturated rings. The fourth-order valence-corrected chi connectivity index (χ4v) is 3.89. The Morgan fingerprint density at radius 2 is 2.60 bits per heavy atom. The van der Waals surface area contributed by atoms with Crippen LogP contribution in [-0.4, -0.2) is 35.0 Å². The van der Waals surface area contributed by atoms with Gasteiger partial charge in [-0.25, -0.2) is 4.98 Å². The van der Waals surface area contributed by atoms with Crippen molar-refractivity contribution < 1.29 is 0 Å². The molecule has 0 amide bonds. The predicted octanol–water partition coefficient (Wildman–Crippen LogP) is 1.93. The highest BCUT2D eigenvalue weighted by Crippen LogP contribution is 2.30. The van der Waals surface area contributed by atoms with Crippen molar-refractivity contribution in [1.82, 2.24) is 9.88 Å². The molecule has 0 spiro atoms. The Bertz CT molecular complexity index is 369. The standard InChI is InChI=1S/C10H13N3S2/c1-13-4-5-14-7-9(13)10-12-8(2-3-11)6-15-10/h6,9H,2,4-5,7H2,1H3. The maximum Gasteiger partial charge on any atom is 0.111 e. The largest absolute Gasteiger partial charge is 0.296 e. The molecule has 3 nitrogen and oxygen atoms in total. The van der Waals surface area contributed by atoms with Crippen molar-refractivity contribution >= 4 is 23.1 Å². The van der Waals surface area contributed by atoms with Gasteiger partial charge < -0.3 is 0 Å². The molecule has 0 aromatic carbocycles. The van der Waals surface area contributed by atoms with Crippen LogP contribution in [0.1, 0.15) is 16.7 Å². The Morgan fingerprint density at radius 1 is 1.73 bits per heavy atom. The molecule has 1 unspecified atom stereocenters. The Labute approximate surface area is 98.1 Å². The van der Waals surface area contributed by atoms with E-state index in [1.807, 2.05) is 17.1 Å². The first-order valence-electron chi connectivity index (χ1n) is 4.90. The molecule has 1 saturated heterocycles. The zero-order valence-corrected chi connectivity index (χ0v) is 10.3. The number of thioether (sulfide) groups is 1. The average molecular weight is 239 g/mol. The van der Waals surface area contributed by atoms with E-state index in [1.165, 1.54) is 5.75 Å². The molecule has 1 aliphatic rings. The molecule has 15 heavy (non-hydrogen) atoms. The minimum Gasteiger partial charge on any atom is -0.296 e. The average Bonchev–Trinajstić information content (AvgIpc) is 2.68. The molecule has 5 heteroatoms. The van der Waals surface area contributed by atoms with Crippen LogP contribution in [0, 0.1) is 11.3 Å². The van der Waals surface area contributed by atoms with Gasteiger partial charge in [0, 0.05) is 23.4 Å². The van der Waals surface area contributed by atoms with Gasteiger partial charge in [0.15, 0.2) is 0 Å². The summed E-state index contributed by atoms with van der Waals surface area (Å²) in [4.78, 5) is 6.87. The van der Waals surface area contributed by atoms with Crippen molar-refractivity contribution in [1.29, 1.82) is 5.26 Å². The van der Waals surface area contributed by atoms with E-state index in [9.17, 15) is 0 Å². The summed E-state index contributed by atoms with van der Waals surface area (Å²) >= 11 is 3.67. The lowest BCUT2D eigenvalue weighted by Crippen LogP contribution is -2.32. The van der Waals surface area contributed by atoms with Gasteiger partial charge in [-0.3, -0.25) is 4.90 Å². The van der Waals surface area contributed by atoms with E-state index in [0.29, 0.717) is 12.5 Å². The van der Waals surface area contributed by atoms with Crippen LogP contribution in [0.25, 0.3) is 0 Å². The smallest absolute Gasteiger partial charge is 0.111 e. The molecule has 2 rings (SSSR count). The first-order chi connectivity index (χ1) is 7.31. The molecule has 0 radical (unpaired) electrons. The lowest BCUT2D eigenvalue weighted by atomic mass is 10.3. The van der Waals surface area contributed by atoms with Gasteiger partial charge in [-0.05, 0) is 7.05 Å². The van der Waals surface area contributed by atoms with Gasteiger partial charge in [0.1, 0.15) is 5.01 Å².